The first kappa shape index (κ1) is 16.1. The maximum Gasteiger partial charge on any atom is 0.222 e. The van der Waals surface area contributed by atoms with Gasteiger partial charge in [0.25, 0.3) is 0 Å². The van der Waals surface area contributed by atoms with Gasteiger partial charge in [0.15, 0.2) is 0 Å². The van der Waals surface area contributed by atoms with Gasteiger partial charge in [-0.2, -0.15) is 0 Å². The van der Waals surface area contributed by atoms with Crippen molar-refractivity contribution in [3.8, 4) is 0 Å². The van der Waals surface area contributed by atoms with E-state index in [1.54, 1.807) is 6.20 Å². The molecule has 0 aliphatic heterocycles. The first-order valence-corrected chi connectivity index (χ1v) is 8.02. The highest BCUT2D eigenvalue weighted by atomic mass is 15.1. The quantitative estimate of drug-likeness (QED) is 0.690. The van der Waals surface area contributed by atoms with Gasteiger partial charge in [0.1, 0.15) is 0 Å². The van der Waals surface area contributed by atoms with Crippen LogP contribution in [0.15, 0.2) is 61.4 Å². The van der Waals surface area contributed by atoms with Crippen LogP contribution in [0.4, 0.5) is 5.95 Å². The summed E-state index contributed by atoms with van der Waals surface area (Å²) in [6.45, 7) is 3.43. The molecule has 0 aliphatic carbocycles. The predicted octanol–water partition coefficient (Wildman–Crippen LogP) is 2.42. The zero-order chi connectivity index (χ0) is 16.6. The molecule has 1 aromatic carbocycles. The molecule has 3 rings (SSSR count). The van der Waals surface area contributed by atoms with Crippen molar-refractivity contribution in [2.24, 2.45) is 0 Å². The van der Waals surface area contributed by atoms with Gasteiger partial charge >= 0.3 is 0 Å². The van der Waals surface area contributed by atoms with E-state index in [-0.39, 0.29) is 0 Å². The molecule has 0 aliphatic rings. The molecule has 0 bridgehead atoms. The Morgan fingerprint density at radius 1 is 1.08 bits per heavy atom. The SMILES string of the molecule is CN(CCn1ccnc1)Cc1cnc(NCc2ccccc2)nc1. The third-order valence-electron chi connectivity index (χ3n) is 3.75. The van der Waals surface area contributed by atoms with Crippen LogP contribution in [0.25, 0.3) is 0 Å². The topological polar surface area (TPSA) is 58.9 Å². The van der Waals surface area contributed by atoms with E-state index < -0.39 is 0 Å². The monoisotopic (exact) mass is 322 g/mol. The Morgan fingerprint density at radius 2 is 1.88 bits per heavy atom. The van der Waals surface area contributed by atoms with Crippen molar-refractivity contribution in [1.29, 1.82) is 0 Å². The largest absolute Gasteiger partial charge is 0.350 e. The Labute approximate surface area is 142 Å². The molecule has 0 unspecified atom stereocenters. The first-order valence-electron chi connectivity index (χ1n) is 8.02. The zero-order valence-corrected chi connectivity index (χ0v) is 13.8. The lowest BCUT2D eigenvalue weighted by molar-refractivity contribution is 0.311. The summed E-state index contributed by atoms with van der Waals surface area (Å²) in [5.41, 5.74) is 2.32. The van der Waals surface area contributed by atoms with Crippen LogP contribution in [-0.4, -0.2) is 38.0 Å². The van der Waals surface area contributed by atoms with E-state index in [1.807, 2.05) is 43.1 Å². The van der Waals surface area contributed by atoms with Crippen LogP contribution < -0.4 is 5.32 Å². The lowest BCUT2D eigenvalue weighted by Gasteiger charge is -2.16. The minimum absolute atomic E-state index is 0.656. The maximum absolute atomic E-state index is 4.39. The van der Waals surface area contributed by atoms with Crippen LogP contribution in [0.5, 0.6) is 0 Å². The van der Waals surface area contributed by atoms with Gasteiger partial charge in [0.05, 0.1) is 6.33 Å². The van der Waals surface area contributed by atoms with Crippen LogP contribution in [-0.2, 0) is 19.6 Å². The molecule has 0 atom stereocenters. The van der Waals surface area contributed by atoms with Gasteiger partial charge < -0.3 is 14.8 Å². The summed E-state index contributed by atoms with van der Waals surface area (Å²) in [5.74, 6) is 0.656. The van der Waals surface area contributed by atoms with Crippen LogP contribution in [0.2, 0.25) is 0 Å². The number of anilines is 1. The van der Waals surface area contributed by atoms with Crippen LogP contribution >= 0.6 is 0 Å². The summed E-state index contributed by atoms with van der Waals surface area (Å²) >= 11 is 0. The van der Waals surface area contributed by atoms with Crippen molar-refractivity contribution in [1.82, 2.24) is 24.4 Å². The van der Waals surface area contributed by atoms with Gasteiger partial charge in [0.2, 0.25) is 5.95 Å². The molecule has 0 fully saturated rings. The smallest absolute Gasteiger partial charge is 0.222 e. The second kappa shape index (κ2) is 8.21. The average molecular weight is 322 g/mol. The standard InChI is InChI=1S/C18H22N6/c1-23(9-10-24-8-7-19-15-24)14-17-12-21-18(22-13-17)20-11-16-5-3-2-4-6-16/h2-8,12-13,15H,9-11,14H2,1H3,(H,20,21,22). The molecule has 2 aromatic heterocycles. The Morgan fingerprint density at radius 3 is 2.58 bits per heavy atom. The van der Waals surface area contributed by atoms with Crippen molar-refractivity contribution in [2.45, 2.75) is 19.6 Å². The molecule has 2 heterocycles. The summed E-state index contributed by atoms with van der Waals surface area (Å²) in [7, 11) is 2.10. The van der Waals surface area contributed by atoms with Crippen molar-refractivity contribution < 1.29 is 0 Å². The first-order chi connectivity index (χ1) is 11.8. The second-order valence-corrected chi connectivity index (χ2v) is 5.79. The van der Waals surface area contributed by atoms with Gasteiger partial charge in [-0.3, -0.25) is 0 Å². The highest BCUT2D eigenvalue weighted by Crippen LogP contribution is 2.06. The third-order valence-corrected chi connectivity index (χ3v) is 3.75. The number of nitrogens with one attached hydrogen (secondary N) is 1. The molecule has 3 aromatic rings. The summed E-state index contributed by atoms with van der Waals surface area (Å²) in [6.07, 6.45) is 9.38. The van der Waals surface area contributed by atoms with Crippen molar-refractivity contribution >= 4 is 5.95 Å². The number of rotatable bonds is 8. The van der Waals surface area contributed by atoms with Crippen molar-refractivity contribution in [3.63, 3.8) is 0 Å². The molecule has 24 heavy (non-hydrogen) atoms. The fourth-order valence-electron chi connectivity index (χ4n) is 2.40. The minimum atomic E-state index is 0.656. The van der Waals surface area contributed by atoms with Gasteiger partial charge in [-0.25, -0.2) is 15.0 Å². The highest BCUT2D eigenvalue weighted by Gasteiger charge is 2.03. The third kappa shape index (κ3) is 4.89. The number of benzene rings is 1. The molecule has 0 radical (unpaired) electrons. The number of nitrogens with zero attached hydrogens (tertiary/aromatic N) is 5. The summed E-state index contributed by atoms with van der Waals surface area (Å²) in [4.78, 5) is 15.1. The van der Waals surface area contributed by atoms with E-state index in [2.05, 4.69) is 48.9 Å². The number of aromatic nitrogens is 4. The zero-order valence-electron chi connectivity index (χ0n) is 13.8. The molecule has 0 saturated carbocycles. The molecule has 0 amide bonds. The molecule has 124 valence electrons. The molecule has 0 saturated heterocycles. The Bertz CT molecular complexity index is 709. The molecular weight excluding hydrogens is 300 g/mol. The minimum Gasteiger partial charge on any atom is -0.350 e. The number of imidazole rings is 1. The average Bonchev–Trinajstić information content (AvgIpc) is 3.14. The van der Waals surface area contributed by atoms with E-state index in [4.69, 9.17) is 0 Å². The van der Waals surface area contributed by atoms with E-state index in [1.165, 1.54) is 5.56 Å². The number of hydrogen-bond acceptors (Lipinski definition) is 5. The lowest BCUT2D eigenvalue weighted by atomic mass is 10.2. The fourth-order valence-corrected chi connectivity index (χ4v) is 2.40. The van der Waals surface area contributed by atoms with Gasteiger partial charge in [-0.15, -0.1) is 0 Å². The number of hydrogen-bond donors (Lipinski definition) is 1. The van der Waals surface area contributed by atoms with E-state index in [9.17, 15) is 0 Å². The van der Waals surface area contributed by atoms with Gasteiger partial charge in [-0.05, 0) is 12.6 Å². The summed E-state index contributed by atoms with van der Waals surface area (Å²) in [6, 6.07) is 10.2. The summed E-state index contributed by atoms with van der Waals surface area (Å²) in [5, 5.41) is 3.24. The van der Waals surface area contributed by atoms with Crippen LogP contribution in [0.3, 0.4) is 0 Å². The predicted molar refractivity (Wildman–Crippen MR) is 94.4 cm³/mol. The van der Waals surface area contributed by atoms with Gasteiger partial charge in [-0.1, -0.05) is 30.3 Å². The lowest BCUT2D eigenvalue weighted by Crippen LogP contribution is -2.22. The van der Waals surface area contributed by atoms with E-state index >= 15 is 0 Å². The van der Waals surface area contributed by atoms with Gasteiger partial charge in [0, 0.05) is 56.5 Å². The molecule has 6 heteroatoms. The maximum atomic E-state index is 4.39. The van der Waals surface area contributed by atoms with E-state index in [0.717, 1.165) is 31.7 Å². The van der Waals surface area contributed by atoms with Crippen LogP contribution in [0.1, 0.15) is 11.1 Å². The second-order valence-electron chi connectivity index (χ2n) is 5.79. The van der Waals surface area contributed by atoms with E-state index in [0.29, 0.717) is 5.95 Å². The number of likely N-dealkylation sites (N-methyl/N-ethyl adjacent to an activating group) is 1. The molecule has 1 N–H and O–H groups in total. The van der Waals surface area contributed by atoms with Crippen LogP contribution in [0, 0.1) is 0 Å². The Hall–Kier alpha value is -2.73. The normalized spacial score (nSPS) is 10.9. The molecular formula is C18H22N6. The van der Waals surface area contributed by atoms with Crippen molar-refractivity contribution in [2.75, 3.05) is 18.9 Å². The highest BCUT2D eigenvalue weighted by molar-refractivity contribution is 5.27. The Kier molecular flexibility index (Phi) is 5.52. The Balaban J connectivity index is 1.45. The molecule has 6 nitrogen and oxygen atoms in total. The molecule has 0 spiro atoms. The van der Waals surface area contributed by atoms with Crippen molar-refractivity contribution in [3.05, 3.63) is 72.6 Å². The summed E-state index contributed by atoms with van der Waals surface area (Å²) < 4.78 is 2.07. The fraction of sp³-hybridized carbons (Fsp3) is 0.278.